The average Bonchev–Trinajstić information content (AvgIpc) is 3.21. The molecule has 0 aromatic rings. The topological polar surface area (TPSA) is 72.8 Å². The lowest BCUT2D eigenvalue weighted by Crippen LogP contribution is -2.54. The molecule has 3 fully saturated rings. The van der Waals surface area contributed by atoms with Crippen molar-refractivity contribution in [1.29, 1.82) is 0 Å². The Kier molecular flexibility index (Phi) is 8.84. The molecule has 4 aliphatic rings. The Hall–Kier alpha value is -1.27. The Morgan fingerprint density at radius 3 is 2.39 bits per heavy atom. The molecular weight excluding hydrogens is 496 g/mol. The van der Waals surface area contributed by atoms with Gasteiger partial charge in [0.2, 0.25) is 0 Å². The van der Waals surface area contributed by atoms with Crippen molar-refractivity contribution < 1.29 is 24.2 Å². The monoisotopic (exact) mass is 546 g/mol. The maximum atomic E-state index is 12.2. The van der Waals surface area contributed by atoms with Crippen LogP contribution in [0.3, 0.4) is 0 Å². The van der Waals surface area contributed by atoms with E-state index in [0.29, 0.717) is 35.8 Å². The van der Waals surface area contributed by atoms with Gasteiger partial charge in [0, 0.05) is 37.4 Å². The molecule has 0 bridgehead atoms. The van der Waals surface area contributed by atoms with Gasteiger partial charge < -0.3 is 14.6 Å². The first kappa shape index (κ1) is 29.7. The molecule has 5 nitrogen and oxygen atoms in total. The maximum absolute atomic E-state index is 12.2. The fourth-order valence-electron chi connectivity index (χ4n) is 8.67. The molecule has 0 heterocycles. The number of allylic oxidation sites excluding steroid dienone is 3. The zero-order valence-electron chi connectivity index (χ0n) is 24.7. The van der Waals surface area contributed by atoms with Crippen LogP contribution in [-0.2, 0) is 19.1 Å². The van der Waals surface area contributed by atoms with Crippen molar-refractivity contribution >= 4 is 23.7 Å². The van der Waals surface area contributed by atoms with E-state index in [1.807, 2.05) is 0 Å². The van der Waals surface area contributed by atoms with Crippen LogP contribution in [0.15, 0.2) is 23.3 Å². The molecule has 1 N–H and O–H groups in total. The molecule has 0 radical (unpaired) electrons. The van der Waals surface area contributed by atoms with E-state index in [9.17, 15) is 14.7 Å². The van der Waals surface area contributed by atoms with Crippen molar-refractivity contribution in [3.63, 3.8) is 0 Å². The predicted molar refractivity (Wildman–Crippen MR) is 154 cm³/mol. The Morgan fingerprint density at radius 1 is 1.08 bits per heavy atom. The number of hydrogen-bond donors (Lipinski definition) is 1. The molecule has 0 spiro atoms. The van der Waals surface area contributed by atoms with E-state index in [2.05, 4.69) is 58.5 Å². The van der Waals surface area contributed by atoms with Crippen LogP contribution in [0.2, 0.25) is 0 Å². The fraction of sp³-hybridized carbons (Fsp3) is 0.812. The average molecular weight is 547 g/mol. The number of aliphatic hydroxyl groups is 1. The summed E-state index contributed by atoms with van der Waals surface area (Å²) in [6.45, 7) is 14.4. The number of carbonyl (C=O) groups excluding carboxylic acids is 2. The number of fused-ring (bicyclic) bond motifs is 5. The SMILES string of the molecule is CCC(O)(CC)CCS[C@H](C)[C@H]1CC[C@H]2C3=CC=C4C[C@@H](OC(C)=O)C[C@H](OC(C)=O)[C@]4(C)[C@H]3CC[C@]12C. The summed E-state index contributed by atoms with van der Waals surface area (Å²) in [6, 6.07) is 0. The molecule has 0 aliphatic heterocycles. The molecule has 0 aromatic carbocycles. The third-order valence-corrected chi connectivity index (χ3v) is 12.4. The number of rotatable bonds is 9. The molecule has 6 heteroatoms. The summed E-state index contributed by atoms with van der Waals surface area (Å²) in [6.07, 6.45) is 12.7. The van der Waals surface area contributed by atoms with E-state index in [0.717, 1.165) is 31.4 Å². The van der Waals surface area contributed by atoms with Crippen LogP contribution in [0, 0.1) is 28.6 Å². The summed E-state index contributed by atoms with van der Waals surface area (Å²) >= 11 is 2.05. The third-order valence-electron chi connectivity index (χ3n) is 11.1. The lowest BCUT2D eigenvalue weighted by atomic mass is 9.49. The minimum absolute atomic E-state index is 0.244. The first-order chi connectivity index (χ1) is 17.9. The zero-order chi connectivity index (χ0) is 27.9. The van der Waals surface area contributed by atoms with E-state index < -0.39 is 5.60 Å². The number of hydrogen-bond acceptors (Lipinski definition) is 6. The van der Waals surface area contributed by atoms with Crippen molar-refractivity contribution in [2.24, 2.45) is 28.6 Å². The Balaban J connectivity index is 1.54. The molecule has 4 aliphatic carbocycles. The maximum Gasteiger partial charge on any atom is 0.302 e. The Morgan fingerprint density at radius 2 is 1.76 bits per heavy atom. The van der Waals surface area contributed by atoms with Crippen LogP contribution in [-0.4, -0.2) is 45.9 Å². The van der Waals surface area contributed by atoms with Crippen LogP contribution in [0.1, 0.15) is 106 Å². The Labute approximate surface area is 234 Å². The molecule has 0 aromatic heterocycles. The van der Waals surface area contributed by atoms with E-state index in [-0.39, 0.29) is 35.0 Å². The van der Waals surface area contributed by atoms with Gasteiger partial charge >= 0.3 is 11.9 Å². The smallest absolute Gasteiger partial charge is 0.302 e. The molecule has 3 saturated carbocycles. The minimum Gasteiger partial charge on any atom is -0.462 e. The van der Waals surface area contributed by atoms with Gasteiger partial charge in [-0.05, 0) is 73.9 Å². The van der Waals surface area contributed by atoms with E-state index >= 15 is 0 Å². The molecule has 0 unspecified atom stereocenters. The second kappa shape index (κ2) is 11.3. The predicted octanol–water partition coefficient (Wildman–Crippen LogP) is 7.02. The number of ether oxygens (including phenoxy) is 2. The zero-order valence-corrected chi connectivity index (χ0v) is 25.5. The largest absolute Gasteiger partial charge is 0.462 e. The Bertz CT molecular complexity index is 967. The van der Waals surface area contributed by atoms with Crippen LogP contribution in [0.4, 0.5) is 0 Å². The first-order valence-electron chi connectivity index (χ1n) is 15.0. The van der Waals surface area contributed by atoms with Crippen molar-refractivity contribution in [3.8, 4) is 0 Å². The number of carbonyl (C=O) groups is 2. The highest BCUT2D eigenvalue weighted by atomic mass is 32.2. The second-order valence-corrected chi connectivity index (χ2v) is 14.5. The first-order valence-corrected chi connectivity index (χ1v) is 16.0. The standard InChI is InChI=1S/C32H50O5S/c1-8-32(35,9-2)16-17-38-20(3)26-12-13-27-25-11-10-23-18-24(36-21(4)33)19-29(37-22(5)34)31(23,7)28(25)14-15-30(26,27)6/h10-11,20,24,26-29,35H,8-9,12-19H2,1-7H3/t20-,24-,26-,27+,28+,29+,30-,31+/m1/s1. The molecule has 4 rings (SSSR count). The number of esters is 2. The lowest BCUT2D eigenvalue weighted by molar-refractivity contribution is -0.165. The van der Waals surface area contributed by atoms with Crippen molar-refractivity contribution in [1.82, 2.24) is 0 Å². The van der Waals surface area contributed by atoms with Gasteiger partial charge in [-0.3, -0.25) is 9.59 Å². The molecule has 0 saturated heterocycles. The van der Waals surface area contributed by atoms with Crippen LogP contribution < -0.4 is 0 Å². The van der Waals surface area contributed by atoms with E-state index in [1.165, 1.54) is 38.7 Å². The molecule has 214 valence electrons. The van der Waals surface area contributed by atoms with Crippen molar-refractivity contribution in [3.05, 3.63) is 23.3 Å². The summed E-state index contributed by atoms with van der Waals surface area (Å²) in [7, 11) is 0. The summed E-state index contributed by atoms with van der Waals surface area (Å²) in [5, 5.41) is 11.3. The van der Waals surface area contributed by atoms with Gasteiger partial charge in [0.25, 0.3) is 0 Å². The summed E-state index contributed by atoms with van der Waals surface area (Å²) in [5.74, 6) is 2.04. The van der Waals surface area contributed by atoms with Gasteiger partial charge in [-0.15, -0.1) is 0 Å². The van der Waals surface area contributed by atoms with Gasteiger partial charge in [-0.1, -0.05) is 57.9 Å². The van der Waals surface area contributed by atoms with Gasteiger partial charge in [0.15, 0.2) is 0 Å². The van der Waals surface area contributed by atoms with Crippen molar-refractivity contribution in [2.45, 2.75) is 129 Å². The third kappa shape index (κ3) is 5.38. The van der Waals surface area contributed by atoms with Gasteiger partial charge in [0.05, 0.1) is 5.60 Å². The van der Waals surface area contributed by atoms with E-state index in [4.69, 9.17) is 9.47 Å². The van der Waals surface area contributed by atoms with Crippen molar-refractivity contribution in [2.75, 3.05) is 5.75 Å². The van der Waals surface area contributed by atoms with Crippen LogP contribution in [0.5, 0.6) is 0 Å². The highest BCUT2D eigenvalue weighted by molar-refractivity contribution is 7.99. The molecular formula is C32H50O5S. The van der Waals surface area contributed by atoms with Crippen LogP contribution in [0.25, 0.3) is 0 Å². The molecule has 38 heavy (non-hydrogen) atoms. The minimum atomic E-state index is -0.522. The fourth-order valence-corrected chi connectivity index (χ4v) is 10.2. The van der Waals surface area contributed by atoms with Gasteiger partial charge in [0.1, 0.15) is 12.2 Å². The normalized spacial score (nSPS) is 37.2. The van der Waals surface area contributed by atoms with Gasteiger partial charge in [-0.25, -0.2) is 0 Å². The molecule has 8 atom stereocenters. The summed E-state index contributed by atoms with van der Waals surface area (Å²) < 4.78 is 11.6. The lowest BCUT2D eigenvalue weighted by Gasteiger charge is -2.57. The molecule has 0 amide bonds. The summed E-state index contributed by atoms with van der Waals surface area (Å²) in [4.78, 5) is 23.9. The van der Waals surface area contributed by atoms with E-state index in [1.54, 1.807) is 5.57 Å². The second-order valence-electron chi connectivity index (χ2n) is 13.0. The summed E-state index contributed by atoms with van der Waals surface area (Å²) in [5.41, 5.74) is 2.31. The highest BCUT2D eigenvalue weighted by Crippen LogP contribution is 2.66. The quantitative estimate of drug-likeness (QED) is 0.313. The highest BCUT2D eigenvalue weighted by Gasteiger charge is 2.60. The number of thioether (sulfide) groups is 1. The van der Waals surface area contributed by atoms with Crippen LogP contribution >= 0.6 is 11.8 Å². The van der Waals surface area contributed by atoms with Gasteiger partial charge in [-0.2, -0.15) is 11.8 Å².